The first-order valence-electron chi connectivity index (χ1n) is 7.38. The molecule has 126 valence electrons. The number of aliphatic hydroxyl groups is 1. The summed E-state index contributed by atoms with van der Waals surface area (Å²) in [5.41, 5.74) is 0.315. The number of carboxylic acids is 1. The number of aliphatic hydroxyl groups excluding tert-OH is 1. The Kier molecular flexibility index (Phi) is 5.68. The Balaban J connectivity index is 2.04. The zero-order valence-corrected chi connectivity index (χ0v) is 12.8. The molecule has 1 saturated heterocycles. The minimum Gasteiger partial charge on any atom is -0.481 e. The molecule has 1 aliphatic heterocycles. The van der Waals surface area contributed by atoms with Gasteiger partial charge in [0, 0.05) is 19.7 Å². The molecular weight excluding hydrogens is 305 g/mol. The smallest absolute Gasteiger partial charge is 0.305 e. The molecule has 2 N–H and O–H groups in total. The van der Waals surface area contributed by atoms with Crippen LogP contribution in [0.3, 0.4) is 0 Å². The third kappa shape index (κ3) is 4.49. The maximum atomic E-state index is 13.2. The van der Waals surface area contributed by atoms with Crippen molar-refractivity contribution in [3.05, 3.63) is 35.6 Å². The highest BCUT2D eigenvalue weighted by Gasteiger charge is 2.37. The van der Waals surface area contributed by atoms with Gasteiger partial charge in [0.1, 0.15) is 5.82 Å². The standard InChI is InChI=1S/C16H20FNO5/c1-23-13-6-12(7-16(21)22)18(9-13)15(20)8-14(19)10-3-2-4-11(17)5-10/h2-5,12-14,19H,6-9H2,1H3,(H,21,22)/t12-,13-,14+/m1/s1. The minimum atomic E-state index is -1.13. The molecule has 0 radical (unpaired) electrons. The van der Waals surface area contributed by atoms with E-state index in [1.807, 2.05) is 0 Å². The maximum absolute atomic E-state index is 13.2. The van der Waals surface area contributed by atoms with Gasteiger partial charge in [-0.05, 0) is 24.1 Å². The number of carbonyl (C=O) groups is 2. The number of amides is 1. The summed E-state index contributed by atoms with van der Waals surface area (Å²) in [7, 11) is 1.51. The van der Waals surface area contributed by atoms with Crippen LogP contribution in [-0.2, 0) is 14.3 Å². The van der Waals surface area contributed by atoms with Crippen molar-refractivity contribution >= 4 is 11.9 Å². The molecule has 1 aromatic rings. The number of hydrogen-bond donors (Lipinski definition) is 2. The molecule has 1 amide bonds. The van der Waals surface area contributed by atoms with E-state index in [1.54, 1.807) is 0 Å². The SMILES string of the molecule is CO[C@@H]1C[C@H](CC(=O)O)N(C(=O)C[C@H](O)c2cccc(F)c2)C1. The summed E-state index contributed by atoms with van der Waals surface area (Å²) < 4.78 is 18.4. The van der Waals surface area contributed by atoms with Crippen molar-refractivity contribution < 1.29 is 28.9 Å². The van der Waals surface area contributed by atoms with Gasteiger partial charge in [0.2, 0.25) is 5.91 Å². The van der Waals surface area contributed by atoms with E-state index in [0.717, 1.165) is 0 Å². The number of halogens is 1. The highest BCUT2D eigenvalue weighted by Crippen LogP contribution is 2.26. The van der Waals surface area contributed by atoms with Crippen LogP contribution in [0.5, 0.6) is 0 Å². The monoisotopic (exact) mass is 325 g/mol. The van der Waals surface area contributed by atoms with Crippen LogP contribution in [-0.4, -0.2) is 52.8 Å². The summed E-state index contributed by atoms with van der Waals surface area (Å²) in [5, 5.41) is 19.1. The Morgan fingerprint density at radius 2 is 2.22 bits per heavy atom. The fourth-order valence-electron chi connectivity index (χ4n) is 2.86. The van der Waals surface area contributed by atoms with Crippen molar-refractivity contribution in [2.24, 2.45) is 0 Å². The van der Waals surface area contributed by atoms with Crippen molar-refractivity contribution in [3.8, 4) is 0 Å². The summed E-state index contributed by atoms with van der Waals surface area (Å²) in [5.74, 6) is -1.85. The van der Waals surface area contributed by atoms with Gasteiger partial charge in [-0.2, -0.15) is 0 Å². The molecule has 0 aliphatic carbocycles. The first-order chi connectivity index (χ1) is 10.9. The molecule has 3 atom stereocenters. The molecule has 1 fully saturated rings. The van der Waals surface area contributed by atoms with Crippen molar-refractivity contribution in [1.82, 2.24) is 4.90 Å². The zero-order chi connectivity index (χ0) is 17.0. The topological polar surface area (TPSA) is 87.1 Å². The molecule has 7 heteroatoms. The van der Waals surface area contributed by atoms with Crippen molar-refractivity contribution in [3.63, 3.8) is 0 Å². The maximum Gasteiger partial charge on any atom is 0.305 e. The molecule has 6 nitrogen and oxygen atoms in total. The quantitative estimate of drug-likeness (QED) is 0.824. The van der Waals surface area contributed by atoms with Crippen LogP contribution >= 0.6 is 0 Å². The second kappa shape index (κ2) is 7.52. The van der Waals surface area contributed by atoms with Gasteiger partial charge >= 0.3 is 5.97 Å². The molecule has 0 unspecified atom stereocenters. The fourth-order valence-corrected chi connectivity index (χ4v) is 2.86. The number of benzene rings is 1. The van der Waals surface area contributed by atoms with Gasteiger partial charge in [0.25, 0.3) is 0 Å². The highest BCUT2D eigenvalue weighted by molar-refractivity contribution is 5.78. The number of methoxy groups -OCH3 is 1. The van der Waals surface area contributed by atoms with E-state index in [9.17, 15) is 19.1 Å². The lowest BCUT2D eigenvalue weighted by molar-refractivity contribution is -0.140. The Morgan fingerprint density at radius 1 is 1.48 bits per heavy atom. The molecule has 0 saturated carbocycles. The van der Waals surface area contributed by atoms with Crippen molar-refractivity contribution in [2.75, 3.05) is 13.7 Å². The van der Waals surface area contributed by atoms with Gasteiger partial charge in [-0.25, -0.2) is 4.39 Å². The fraction of sp³-hybridized carbons (Fsp3) is 0.500. The number of carbonyl (C=O) groups excluding carboxylic acids is 1. The first-order valence-corrected chi connectivity index (χ1v) is 7.38. The number of ether oxygens (including phenoxy) is 1. The number of nitrogens with zero attached hydrogens (tertiary/aromatic N) is 1. The second-order valence-corrected chi connectivity index (χ2v) is 5.67. The van der Waals surface area contributed by atoms with E-state index in [1.165, 1.54) is 36.3 Å². The first kappa shape index (κ1) is 17.4. The molecule has 1 aliphatic rings. The summed E-state index contributed by atoms with van der Waals surface area (Å²) >= 11 is 0. The summed E-state index contributed by atoms with van der Waals surface area (Å²) in [6.07, 6.45) is -1.29. The van der Waals surface area contributed by atoms with E-state index in [-0.39, 0.29) is 24.9 Å². The van der Waals surface area contributed by atoms with Gasteiger partial charge in [0.15, 0.2) is 0 Å². The van der Waals surface area contributed by atoms with Gasteiger partial charge in [-0.1, -0.05) is 12.1 Å². The van der Waals surface area contributed by atoms with Gasteiger partial charge < -0.3 is 19.8 Å². The lowest BCUT2D eigenvalue weighted by Gasteiger charge is -2.24. The number of rotatable bonds is 6. The van der Waals surface area contributed by atoms with E-state index >= 15 is 0 Å². The lowest BCUT2D eigenvalue weighted by Crippen LogP contribution is -2.38. The van der Waals surface area contributed by atoms with Crippen LogP contribution in [0.4, 0.5) is 4.39 Å². The molecule has 0 spiro atoms. The van der Waals surface area contributed by atoms with E-state index < -0.39 is 23.9 Å². The van der Waals surface area contributed by atoms with Gasteiger partial charge in [-0.15, -0.1) is 0 Å². The van der Waals surface area contributed by atoms with Crippen LogP contribution in [0.15, 0.2) is 24.3 Å². The highest BCUT2D eigenvalue weighted by atomic mass is 19.1. The summed E-state index contributed by atoms with van der Waals surface area (Å²) in [6.45, 7) is 0.295. The van der Waals surface area contributed by atoms with Gasteiger partial charge in [-0.3, -0.25) is 9.59 Å². The predicted octanol–water partition coefficient (Wildman–Crippen LogP) is 1.34. The van der Waals surface area contributed by atoms with Crippen LogP contribution < -0.4 is 0 Å². The largest absolute Gasteiger partial charge is 0.481 e. The van der Waals surface area contributed by atoms with Crippen LogP contribution in [0.25, 0.3) is 0 Å². The third-order valence-electron chi connectivity index (χ3n) is 4.04. The molecule has 1 aromatic carbocycles. The Bertz CT molecular complexity index is 579. The van der Waals surface area contributed by atoms with Crippen LogP contribution in [0.1, 0.15) is 30.9 Å². The Morgan fingerprint density at radius 3 is 2.83 bits per heavy atom. The molecule has 0 aromatic heterocycles. The zero-order valence-electron chi connectivity index (χ0n) is 12.8. The van der Waals surface area contributed by atoms with E-state index in [0.29, 0.717) is 18.5 Å². The Labute approximate surface area is 133 Å². The second-order valence-electron chi connectivity index (χ2n) is 5.67. The third-order valence-corrected chi connectivity index (χ3v) is 4.04. The lowest BCUT2D eigenvalue weighted by atomic mass is 10.1. The number of aliphatic carboxylic acids is 1. The average Bonchev–Trinajstić information content (AvgIpc) is 2.89. The number of carboxylic acid groups (broad SMARTS) is 1. The number of likely N-dealkylation sites (tertiary alicyclic amines) is 1. The molecule has 23 heavy (non-hydrogen) atoms. The minimum absolute atomic E-state index is 0.165. The summed E-state index contributed by atoms with van der Waals surface area (Å²) in [4.78, 5) is 24.8. The van der Waals surface area contributed by atoms with E-state index in [2.05, 4.69) is 0 Å². The van der Waals surface area contributed by atoms with E-state index in [4.69, 9.17) is 9.84 Å². The Hall–Kier alpha value is -1.99. The van der Waals surface area contributed by atoms with Crippen molar-refractivity contribution in [1.29, 1.82) is 0 Å². The molecular formula is C16H20FNO5. The van der Waals surface area contributed by atoms with Crippen molar-refractivity contribution in [2.45, 2.75) is 37.5 Å². The molecule has 0 bridgehead atoms. The average molecular weight is 325 g/mol. The van der Waals surface area contributed by atoms with Crippen LogP contribution in [0.2, 0.25) is 0 Å². The normalized spacial score (nSPS) is 22.1. The molecule has 1 heterocycles. The number of hydrogen-bond acceptors (Lipinski definition) is 4. The van der Waals surface area contributed by atoms with Crippen LogP contribution in [0, 0.1) is 5.82 Å². The predicted molar refractivity (Wildman–Crippen MR) is 79.1 cm³/mol. The van der Waals surface area contributed by atoms with Gasteiger partial charge in [0.05, 0.1) is 25.0 Å². The summed E-state index contributed by atoms with van der Waals surface area (Å²) in [6, 6.07) is 4.98. The molecule has 2 rings (SSSR count).